The van der Waals surface area contributed by atoms with Gasteiger partial charge in [0.2, 0.25) is 0 Å². The molecule has 1 unspecified atom stereocenters. The summed E-state index contributed by atoms with van der Waals surface area (Å²) >= 11 is 0. The fraction of sp³-hybridized carbons (Fsp3) is 0.533. The molecular weight excluding hydrogens is 258 g/mol. The molecule has 1 rings (SSSR count). The maximum atomic E-state index is 11.7. The Morgan fingerprint density at radius 3 is 2.65 bits per heavy atom. The van der Waals surface area contributed by atoms with E-state index in [2.05, 4.69) is 0 Å². The highest BCUT2D eigenvalue weighted by Gasteiger charge is 2.20. The van der Waals surface area contributed by atoms with Crippen LogP contribution in [0, 0.1) is 0 Å². The van der Waals surface area contributed by atoms with Gasteiger partial charge in [-0.2, -0.15) is 0 Å². The lowest BCUT2D eigenvalue weighted by Crippen LogP contribution is -2.27. The maximum absolute atomic E-state index is 11.7. The molecule has 0 radical (unpaired) electrons. The lowest BCUT2D eigenvalue weighted by atomic mass is 10.1. The average Bonchev–Trinajstić information content (AvgIpc) is 2.43. The number of carbonyl (C=O) groups is 1. The first-order valence-electron chi connectivity index (χ1n) is 6.92. The predicted molar refractivity (Wildman–Crippen MR) is 77.1 cm³/mol. The summed E-state index contributed by atoms with van der Waals surface area (Å²) in [5, 5.41) is 0. The Morgan fingerprint density at radius 1 is 1.30 bits per heavy atom. The molecule has 5 heteroatoms. The zero-order chi connectivity index (χ0) is 15.0. The topological polar surface area (TPSA) is 70.8 Å². The van der Waals surface area contributed by atoms with Gasteiger partial charge in [-0.1, -0.05) is 12.1 Å². The minimum atomic E-state index is -0.687. The first kappa shape index (κ1) is 16.3. The van der Waals surface area contributed by atoms with Gasteiger partial charge in [-0.25, -0.2) is 4.79 Å². The summed E-state index contributed by atoms with van der Waals surface area (Å²) in [7, 11) is 0. The number of hydrogen-bond donors (Lipinski definition) is 1. The summed E-state index contributed by atoms with van der Waals surface area (Å²) in [6.45, 7) is 6.67. The molecule has 0 saturated carbocycles. The van der Waals surface area contributed by atoms with Crippen LogP contribution in [0.15, 0.2) is 18.2 Å². The number of para-hydroxylation sites is 1. The molecule has 2 N–H and O–H groups in total. The Hall–Kier alpha value is -1.75. The molecule has 1 aromatic carbocycles. The molecule has 0 fully saturated rings. The number of nitrogens with two attached hydrogens (primary N) is 1. The van der Waals surface area contributed by atoms with E-state index in [4.69, 9.17) is 19.9 Å². The van der Waals surface area contributed by atoms with Gasteiger partial charge >= 0.3 is 5.97 Å². The van der Waals surface area contributed by atoms with Gasteiger partial charge in [0.05, 0.1) is 13.2 Å². The molecule has 5 nitrogen and oxygen atoms in total. The largest absolute Gasteiger partial charge is 0.490 e. The summed E-state index contributed by atoms with van der Waals surface area (Å²) in [6.07, 6.45) is -0.0284. The summed E-state index contributed by atoms with van der Waals surface area (Å²) in [6, 6.07) is 5.62. The highest BCUT2D eigenvalue weighted by molar-refractivity contribution is 5.74. The number of hydrogen-bond acceptors (Lipinski definition) is 5. The number of benzene rings is 1. The first-order chi connectivity index (χ1) is 9.63. The number of ether oxygens (including phenoxy) is 3. The third-order valence-electron chi connectivity index (χ3n) is 2.69. The van der Waals surface area contributed by atoms with Crippen LogP contribution in [0.25, 0.3) is 0 Å². The minimum Gasteiger partial charge on any atom is -0.490 e. The standard InChI is InChI=1S/C15H23NO4/c1-4-18-13-8-6-7-12(9-10-16)14(13)20-11(3)15(17)19-5-2/h6-8,11H,4-5,9-10,16H2,1-3H3. The van der Waals surface area contributed by atoms with Crippen LogP contribution in [0.1, 0.15) is 26.3 Å². The molecule has 1 atom stereocenters. The number of rotatable bonds is 8. The van der Waals surface area contributed by atoms with Crippen molar-refractivity contribution >= 4 is 5.97 Å². The van der Waals surface area contributed by atoms with E-state index in [-0.39, 0.29) is 0 Å². The first-order valence-corrected chi connectivity index (χ1v) is 6.92. The number of esters is 1. The van der Waals surface area contributed by atoms with Crippen LogP contribution >= 0.6 is 0 Å². The average molecular weight is 281 g/mol. The van der Waals surface area contributed by atoms with E-state index in [0.717, 1.165) is 5.56 Å². The minimum absolute atomic E-state index is 0.329. The predicted octanol–water partition coefficient (Wildman–Crippen LogP) is 1.92. The van der Waals surface area contributed by atoms with E-state index in [0.29, 0.717) is 37.7 Å². The molecule has 0 aromatic heterocycles. The molecule has 1 aromatic rings. The van der Waals surface area contributed by atoms with E-state index in [1.807, 2.05) is 25.1 Å². The second kappa shape index (κ2) is 8.43. The van der Waals surface area contributed by atoms with Crippen molar-refractivity contribution in [3.8, 4) is 11.5 Å². The molecule has 0 bridgehead atoms. The van der Waals surface area contributed by atoms with Crippen molar-refractivity contribution in [3.63, 3.8) is 0 Å². The normalized spacial score (nSPS) is 11.8. The summed E-state index contributed by atoms with van der Waals surface area (Å²) in [5.41, 5.74) is 6.53. The molecule has 0 amide bonds. The van der Waals surface area contributed by atoms with Crippen LogP contribution in [0.5, 0.6) is 11.5 Å². The Kier molecular flexibility index (Phi) is 6.87. The van der Waals surface area contributed by atoms with Crippen molar-refractivity contribution in [1.82, 2.24) is 0 Å². The molecular formula is C15H23NO4. The van der Waals surface area contributed by atoms with Crippen molar-refractivity contribution in [2.24, 2.45) is 5.73 Å². The fourth-order valence-electron chi connectivity index (χ4n) is 1.80. The molecule has 0 aliphatic carbocycles. The second-order valence-corrected chi connectivity index (χ2v) is 4.23. The molecule has 112 valence electrons. The van der Waals surface area contributed by atoms with Crippen LogP contribution in [0.2, 0.25) is 0 Å². The van der Waals surface area contributed by atoms with Crippen LogP contribution in [0.3, 0.4) is 0 Å². The van der Waals surface area contributed by atoms with Crippen molar-refractivity contribution < 1.29 is 19.0 Å². The van der Waals surface area contributed by atoms with Gasteiger partial charge < -0.3 is 19.9 Å². The molecule has 20 heavy (non-hydrogen) atoms. The van der Waals surface area contributed by atoms with Gasteiger partial charge in [0, 0.05) is 0 Å². The zero-order valence-electron chi connectivity index (χ0n) is 12.3. The van der Waals surface area contributed by atoms with Gasteiger partial charge in [0.1, 0.15) is 0 Å². The van der Waals surface area contributed by atoms with Crippen molar-refractivity contribution in [3.05, 3.63) is 23.8 Å². The van der Waals surface area contributed by atoms with Gasteiger partial charge in [0.25, 0.3) is 0 Å². The highest BCUT2D eigenvalue weighted by atomic mass is 16.6. The number of carbonyl (C=O) groups excluding carboxylic acids is 1. The van der Waals surface area contributed by atoms with E-state index >= 15 is 0 Å². The Labute approximate surface area is 120 Å². The monoisotopic (exact) mass is 281 g/mol. The summed E-state index contributed by atoms with van der Waals surface area (Å²) in [4.78, 5) is 11.7. The van der Waals surface area contributed by atoms with E-state index < -0.39 is 12.1 Å². The Morgan fingerprint density at radius 2 is 2.05 bits per heavy atom. The van der Waals surface area contributed by atoms with Crippen LogP contribution < -0.4 is 15.2 Å². The van der Waals surface area contributed by atoms with Crippen molar-refractivity contribution in [2.75, 3.05) is 19.8 Å². The quantitative estimate of drug-likeness (QED) is 0.737. The molecule has 0 heterocycles. The lowest BCUT2D eigenvalue weighted by Gasteiger charge is -2.19. The SMILES string of the molecule is CCOC(=O)C(C)Oc1c(CCN)cccc1OCC. The third kappa shape index (κ3) is 4.42. The van der Waals surface area contributed by atoms with E-state index in [1.165, 1.54) is 0 Å². The van der Waals surface area contributed by atoms with Gasteiger partial charge in [-0.3, -0.25) is 0 Å². The highest BCUT2D eigenvalue weighted by Crippen LogP contribution is 2.32. The second-order valence-electron chi connectivity index (χ2n) is 4.23. The van der Waals surface area contributed by atoms with E-state index in [9.17, 15) is 4.79 Å². The van der Waals surface area contributed by atoms with Crippen LogP contribution in [-0.4, -0.2) is 31.8 Å². The lowest BCUT2D eigenvalue weighted by molar-refractivity contribution is -0.150. The van der Waals surface area contributed by atoms with Crippen LogP contribution in [-0.2, 0) is 16.0 Å². The zero-order valence-corrected chi connectivity index (χ0v) is 12.3. The van der Waals surface area contributed by atoms with Gasteiger partial charge in [-0.15, -0.1) is 0 Å². The van der Waals surface area contributed by atoms with Crippen LogP contribution in [0.4, 0.5) is 0 Å². The molecule has 0 aliphatic rings. The third-order valence-corrected chi connectivity index (χ3v) is 2.69. The smallest absolute Gasteiger partial charge is 0.347 e. The van der Waals surface area contributed by atoms with E-state index in [1.54, 1.807) is 13.8 Å². The maximum Gasteiger partial charge on any atom is 0.347 e. The van der Waals surface area contributed by atoms with Gasteiger partial charge in [0.15, 0.2) is 17.6 Å². The van der Waals surface area contributed by atoms with Crippen molar-refractivity contribution in [2.45, 2.75) is 33.3 Å². The van der Waals surface area contributed by atoms with Gasteiger partial charge in [-0.05, 0) is 45.4 Å². The Balaban J connectivity index is 2.97. The van der Waals surface area contributed by atoms with Crippen molar-refractivity contribution in [1.29, 1.82) is 0 Å². The fourth-order valence-corrected chi connectivity index (χ4v) is 1.80. The molecule has 0 spiro atoms. The Bertz CT molecular complexity index is 410. The molecule has 0 saturated heterocycles. The molecule has 0 aliphatic heterocycles. The summed E-state index contributed by atoms with van der Waals surface area (Å²) < 4.78 is 16.2. The summed E-state index contributed by atoms with van der Waals surface area (Å²) in [5.74, 6) is 0.799.